The minimum absolute atomic E-state index is 0.0127. The minimum Gasteiger partial charge on any atom is -0.481 e. The molecule has 1 saturated heterocycles. The molecular weight excluding hydrogens is 745 g/mol. The third kappa shape index (κ3) is 8.79. The number of carboxylic acid groups (broad SMARTS) is 3. The van der Waals surface area contributed by atoms with Gasteiger partial charge in [-0.1, -0.05) is 38.2 Å². The summed E-state index contributed by atoms with van der Waals surface area (Å²) in [4.78, 5) is 73.0. The fraction of sp³-hybridized carbons (Fsp3) is 0.619. The highest BCUT2D eigenvalue weighted by molar-refractivity contribution is 8.02. The van der Waals surface area contributed by atoms with E-state index in [-0.39, 0.29) is 23.0 Å². The van der Waals surface area contributed by atoms with Crippen molar-refractivity contribution in [1.82, 2.24) is 0 Å². The molecule has 2 aromatic heterocycles. The van der Waals surface area contributed by atoms with E-state index in [0.29, 0.717) is 80.9 Å². The van der Waals surface area contributed by atoms with E-state index in [4.69, 9.17) is 18.6 Å². The van der Waals surface area contributed by atoms with Crippen molar-refractivity contribution in [2.75, 3.05) is 0 Å². The zero-order chi connectivity index (χ0) is 40.3. The molecule has 4 aliphatic rings. The monoisotopic (exact) mass is 796 g/mol. The number of rotatable bonds is 20. The molecule has 2 aliphatic heterocycles. The molecule has 0 radical (unpaired) electrons. The lowest BCUT2D eigenvalue weighted by Crippen LogP contribution is -2.47. The largest absolute Gasteiger partial charge is 0.481 e. The van der Waals surface area contributed by atoms with E-state index in [0.717, 1.165) is 19.3 Å². The molecule has 4 bridgehead atoms. The Balaban J connectivity index is 1.21. The second-order valence-electron chi connectivity index (χ2n) is 16.1. The smallest absolute Gasteiger partial charge is 0.318 e. The van der Waals surface area contributed by atoms with Crippen LogP contribution in [-0.2, 0) is 48.6 Å². The topological polar surface area (TPSA) is 204 Å². The molecule has 3 N–H and O–H groups in total. The first-order valence-electron chi connectivity index (χ1n) is 19.8. The molecule has 2 aliphatic carbocycles. The van der Waals surface area contributed by atoms with E-state index in [1.54, 1.807) is 11.8 Å². The number of furan rings is 2. The van der Waals surface area contributed by atoms with Gasteiger partial charge in [-0.15, -0.1) is 11.8 Å². The van der Waals surface area contributed by atoms with Gasteiger partial charge in [0, 0.05) is 27.4 Å². The fourth-order valence-corrected chi connectivity index (χ4v) is 11.9. The fourth-order valence-electron chi connectivity index (χ4n) is 10.00. The van der Waals surface area contributed by atoms with Crippen LogP contribution in [0.3, 0.4) is 0 Å². The lowest BCUT2D eigenvalue weighted by molar-refractivity contribution is -0.172. The van der Waals surface area contributed by atoms with E-state index in [9.17, 15) is 44.1 Å². The molecule has 2 fully saturated rings. The van der Waals surface area contributed by atoms with Gasteiger partial charge in [-0.05, 0) is 108 Å². The number of fused-ring (bicyclic) bond motifs is 4. The number of carbonyl (C=O) groups is 6. The van der Waals surface area contributed by atoms with Gasteiger partial charge < -0.3 is 33.9 Å². The molecule has 1 saturated carbocycles. The Labute approximate surface area is 329 Å². The molecule has 56 heavy (non-hydrogen) atoms. The van der Waals surface area contributed by atoms with Crippen molar-refractivity contribution in [2.24, 2.45) is 17.8 Å². The van der Waals surface area contributed by atoms with Gasteiger partial charge in [-0.2, -0.15) is 0 Å². The van der Waals surface area contributed by atoms with E-state index in [1.807, 2.05) is 32.0 Å². The van der Waals surface area contributed by atoms with Crippen molar-refractivity contribution in [1.29, 1.82) is 0 Å². The number of hydrogen-bond donors (Lipinski definition) is 3. The molecule has 14 heteroatoms. The minimum atomic E-state index is -1.28. The molecule has 13 nitrogen and oxygen atoms in total. The Morgan fingerprint density at radius 2 is 1.55 bits per heavy atom. The molecule has 7 unspecified atom stereocenters. The van der Waals surface area contributed by atoms with Crippen LogP contribution in [0.5, 0.6) is 0 Å². The molecule has 7 atom stereocenters. The number of benzene rings is 1. The molecule has 304 valence electrons. The second kappa shape index (κ2) is 16.6. The van der Waals surface area contributed by atoms with Gasteiger partial charge in [-0.3, -0.25) is 28.8 Å². The number of ether oxygens (including phenoxy) is 3. The van der Waals surface area contributed by atoms with Crippen molar-refractivity contribution in [3.63, 3.8) is 0 Å². The lowest BCUT2D eigenvalue weighted by Gasteiger charge is -2.43. The first-order chi connectivity index (χ1) is 26.6. The second-order valence-corrected chi connectivity index (χ2v) is 17.7. The molecule has 0 amide bonds. The lowest BCUT2D eigenvalue weighted by atomic mass is 9.68. The zero-order valence-electron chi connectivity index (χ0n) is 32.0. The number of esters is 3. The average Bonchev–Trinajstić information content (AvgIpc) is 3.99. The summed E-state index contributed by atoms with van der Waals surface area (Å²) in [6.45, 7) is 3.86. The predicted molar refractivity (Wildman–Crippen MR) is 204 cm³/mol. The van der Waals surface area contributed by atoms with Crippen LogP contribution in [0, 0.1) is 17.8 Å². The van der Waals surface area contributed by atoms with Crippen molar-refractivity contribution in [3.05, 3.63) is 48.1 Å². The Bertz CT molecular complexity index is 1860. The molecule has 0 aromatic carbocycles. The van der Waals surface area contributed by atoms with Crippen molar-refractivity contribution < 1.29 is 62.7 Å². The summed E-state index contributed by atoms with van der Waals surface area (Å²) >= 11 is 1.76. The summed E-state index contributed by atoms with van der Waals surface area (Å²) in [5, 5.41) is 28.0. The van der Waals surface area contributed by atoms with E-state index < -0.39 is 76.6 Å². The molecule has 2 aromatic rings. The maximum absolute atomic E-state index is 13.2. The van der Waals surface area contributed by atoms with Crippen LogP contribution in [0.25, 0.3) is 11.2 Å². The van der Waals surface area contributed by atoms with Gasteiger partial charge in [0.15, 0.2) is 0 Å². The normalized spacial score (nSPS) is 27.1. The van der Waals surface area contributed by atoms with Crippen LogP contribution in [0.15, 0.2) is 46.9 Å². The third-order valence-corrected chi connectivity index (χ3v) is 14.5. The number of hydrogen-bond acceptors (Lipinski definition) is 11. The van der Waals surface area contributed by atoms with E-state index >= 15 is 0 Å². The Hall–Kier alpha value is -4.33. The standard InChI is InChI=1S/C42H52O13S/c1-3-40(53-36(49)22-33(43)44,17-12-26-8-7-9-27(20-26)42(14-5-6-15-42)55-38(51)24-35(47)48)30-25-39(16-13-32(30)56-39)18-19-41(4-2,54-37(50)23-34(45)46)29-21-28-10-11-31(29)52-28/h7-8,10-11,13,16,21,26-27,30,32H,3-6,9,12,14-15,17-20,22-25H2,1-2H3,(H,43,44)(H,45,46)(H,47,48). The van der Waals surface area contributed by atoms with Gasteiger partial charge in [0.25, 0.3) is 0 Å². The quantitative estimate of drug-likeness (QED) is 0.0512. The molecular formula is C42H52O13S. The van der Waals surface area contributed by atoms with Gasteiger partial charge >= 0.3 is 35.8 Å². The summed E-state index contributed by atoms with van der Waals surface area (Å²) in [6, 6.07) is 5.47. The predicted octanol–water partition coefficient (Wildman–Crippen LogP) is 7.56. The highest BCUT2D eigenvalue weighted by atomic mass is 32.2. The van der Waals surface area contributed by atoms with Gasteiger partial charge in [0.05, 0.1) is 0 Å². The number of carbonyl (C=O) groups excluding carboxylic acids is 3. The van der Waals surface area contributed by atoms with Crippen LogP contribution in [0.1, 0.15) is 122 Å². The van der Waals surface area contributed by atoms with Gasteiger partial charge in [0.2, 0.25) is 0 Å². The number of carboxylic acids is 3. The number of thioether (sulfide) groups is 1. The molecule has 0 spiro atoms. The van der Waals surface area contributed by atoms with Crippen molar-refractivity contribution in [3.8, 4) is 0 Å². The van der Waals surface area contributed by atoms with Gasteiger partial charge in [-0.25, -0.2) is 0 Å². The maximum Gasteiger partial charge on any atom is 0.318 e. The van der Waals surface area contributed by atoms with E-state index in [1.165, 1.54) is 0 Å². The molecule has 6 rings (SSSR count). The van der Waals surface area contributed by atoms with E-state index in [2.05, 4.69) is 24.3 Å². The summed E-state index contributed by atoms with van der Waals surface area (Å²) in [5.74, 6) is -6.19. The van der Waals surface area contributed by atoms with Crippen LogP contribution < -0.4 is 0 Å². The summed E-state index contributed by atoms with van der Waals surface area (Å²) in [7, 11) is 0. The van der Waals surface area contributed by atoms with Crippen LogP contribution in [0.2, 0.25) is 0 Å². The van der Waals surface area contributed by atoms with Crippen LogP contribution in [0.4, 0.5) is 0 Å². The highest BCUT2D eigenvalue weighted by Gasteiger charge is 2.57. The maximum atomic E-state index is 13.2. The molecule has 4 heterocycles. The Kier molecular flexibility index (Phi) is 12.3. The van der Waals surface area contributed by atoms with Crippen molar-refractivity contribution in [2.45, 2.75) is 143 Å². The zero-order valence-corrected chi connectivity index (χ0v) is 32.8. The van der Waals surface area contributed by atoms with Crippen molar-refractivity contribution >= 4 is 58.7 Å². The summed E-state index contributed by atoms with van der Waals surface area (Å²) < 4.78 is 23.7. The van der Waals surface area contributed by atoms with Gasteiger partial charge in [0.1, 0.15) is 47.2 Å². The Morgan fingerprint density at radius 1 is 0.875 bits per heavy atom. The average molecular weight is 797 g/mol. The first kappa shape index (κ1) is 41.3. The SMILES string of the molecule is CCC(CCC12C=CC(S1)C(C(CC)(CCC1C=CCC(C3(OC(=O)CC(=O)O)CCCC3)C1)OC(=O)CC(=O)O)C2)(OC(=O)CC(=O)O)c1cc2ccc1o2. The first-order valence-corrected chi connectivity index (χ1v) is 20.7. The summed E-state index contributed by atoms with van der Waals surface area (Å²) in [6.07, 6.45) is 14.5. The Morgan fingerprint density at radius 3 is 2.16 bits per heavy atom. The van der Waals surface area contributed by atoms with Crippen LogP contribution >= 0.6 is 11.8 Å². The highest BCUT2D eigenvalue weighted by Crippen LogP contribution is 2.61. The summed E-state index contributed by atoms with van der Waals surface area (Å²) in [5.41, 5.74) is -0.926. The van der Waals surface area contributed by atoms with Crippen LogP contribution in [-0.4, -0.2) is 72.3 Å². The number of aliphatic carboxylic acids is 3. The third-order valence-electron chi connectivity index (χ3n) is 12.8. The number of allylic oxidation sites excluding steroid dienone is 2.